The molecule has 1 aromatic rings. The molecular weight excluding hydrogens is 287 g/mol. The molecule has 0 radical (unpaired) electrons. The molecule has 0 spiro atoms. The number of ether oxygens (including phenoxy) is 1. The van der Waals surface area contributed by atoms with Crippen molar-refractivity contribution >= 4 is 35.2 Å². The lowest BCUT2D eigenvalue weighted by atomic mass is 10.2. The second kappa shape index (κ2) is 6.31. The molecule has 1 aromatic carbocycles. The minimum Gasteiger partial charge on any atom is -0.489 e. The molecule has 0 unspecified atom stereocenters. The van der Waals surface area contributed by atoms with Crippen molar-refractivity contribution in [1.29, 1.82) is 0 Å². The van der Waals surface area contributed by atoms with Crippen LogP contribution in [0.1, 0.15) is 31.2 Å². The molecule has 0 aromatic heterocycles. The first-order chi connectivity index (χ1) is 9.08. The molecule has 0 aliphatic heterocycles. The monoisotopic (exact) mass is 300 g/mol. The Morgan fingerprint density at radius 3 is 2.58 bits per heavy atom. The highest BCUT2D eigenvalue weighted by atomic mass is 35.5. The van der Waals surface area contributed by atoms with Crippen LogP contribution in [-0.2, 0) is 4.79 Å². The van der Waals surface area contributed by atoms with E-state index in [0.29, 0.717) is 21.4 Å². The summed E-state index contributed by atoms with van der Waals surface area (Å²) >= 11 is 12.3. The van der Waals surface area contributed by atoms with Crippen molar-refractivity contribution in [1.82, 2.24) is 0 Å². The fourth-order valence-electron chi connectivity index (χ4n) is 2.11. The summed E-state index contributed by atoms with van der Waals surface area (Å²) in [7, 11) is 0. The molecule has 0 amide bonds. The second-order valence-corrected chi connectivity index (χ2v) is 5.23. The molecule has 102 valence electrons. The van der Waals surface area contributed by atoms with Crippen molar-refractivity contribution in [3.8, 4) is 5.75 Å². The van der Waals surface area contributed by atoms with Gasteiger partial charge in [-0.05, 0) is 49.5 Å². The van der Waals surface area contributed by atoms with Crippen LogP contribution in [0.4, 0.5) is 0 Å². The molecule has 0 heterocycles. The minimum absolute atomic E-state index is 0.203. The fourth-order valence-corrected chi connectivity index (χ4v) is 2.55. The van der Waals surface area contributed by atoms with Crippen molar-refractivity contribution < 1.29 is 14.6 Å². The maximum absolute atomic E-state index is 10.5. The Balaban J connectivity index is 2.18. The van der Waals surface area contributed by atoms with Crippen molar-refractivity contribution in [3.05, 3.63) is 33.8 Å². The zero-order chi connectivity index (χ0) is 13.8. The number of halogens is 2. The highest BCUT2D eigenvalue weighted by molar-refractivity contribution is 6.43. The molecule has 19 heavy (non-hydrogen) atoms. The van der Waals surface area contributed by atoms with Gasteiger partial charge in [0.25, 0.3) is 0 Å². The molecule has 3 nitrogen and oxygen atoms in total. The zero-order valence-corrected chi connectivity index (χ0v) is 11.7. The van der Waals surface area contributed by atoms with E-state index in [1.54, 1.807) is 12.1 Å². The van der Waals surface area contributed by atoms with Crippen LogP contribution in [0.25, 0.3) is 6.08 Å². The van der Waals surface area contributed by atoms with Crippen LogP contribution in [0, 0.1) is 0 Å². The maximum Gasteiger partial charge on any atom is 0.328 e. The second-order valence-electron chi connectivity index (χ2n) is 4.48. The Labute approximate surface area is 121 Å². The van der Waals surface area contributed by atoms with Gasteiger partial charge in [-0.3, -0.25) is 0 Å². The number of aliphatic carboxylic acids is 1. The summed E-state index contributed by atoms with van der Waals surface area (Å²) in [5.74, 6) is -0.468. The van der Waals surface area contributed by atoms with E-state index in [9.17, 15) is 4.79 Å². The van der Waals surface area contributed by atoms with Crippen LogP contribution < -0.4 is 4.74 Å². The Morgan fingerprint density at radius 1 is 1.26 bits per heavy atom. The zero-order valence-electron chi connectivity index (χ0n) is 10.2. The summed E-state index contributed by atoms with van der Waals surface area (Å²) in [4.78, 5) is 10.5. The van der Waals surface area contributed by atoms with Crippen LogP contribution in [0.5, 0.6) is 5.75 Å². The van der Waals surface area contributed by atoms with Gasteiger partial charge in [-0.25, -0.2) is 4.79 Å². The lowest BCUT2D eigenvalue weighted by Gasteiger charge is -2.15. The van der Waals surface area contributed by atoms with E-state index in [-0.39, 0.29) is 6.10 Å². The molecule has 1 aliphatic rings. The van der Waals surface area contributed by atoms with Crippen LogP contribution in [0.15, 0.2) is 18.2 Å². The first-order valence-electron chi connectivity index (χ1n) is 6.13. The van der Waals surface area contributed by atoms with Gasteiger partial charge in [0.1, 0.15) is 10.8 Å². The fraction of sp³-hybridized carbons (Fsp3) is 0.357. The predicted molar refractivity (Wildman–Crippen MR) is 76.0 cm³/mol. The van der Waals surface area contributed by atoms with Crippen LogP contribution in [0.3, 0.4) is 0 Å². The lowest BCUT2D eigenvalue weighted by molar-refractivity contribution is -0.131. The molecular formula is C14H14Cl2O3. The van der Waals surface area contributed by atoms with Gasteiger partial charge in [0.2, 0.25) is 0 Å². The predicted octanol–water partition coefficient (Wildman–Crippen LogP) is 4.41. The minimum atomic E-state index is -1.03. The van der Waals surface area contributed by atoms with Crippen molar-refractivity contribution in [2.75, 3.05) is 0 Å². The number of rotatable bonds is 4. The quantitative estimate of drug-likeness (QED) is 0.838. The van der Waals surface area contributed by atoms with E-state index in [1.165, 1.54) is 18.9 Å². The number of hydrogen-bond donors (Lipinski definition) is 1. The molecule has 5 heteroatoms. The highest BCUT2D eigenvalue weighted by Crippen LogP contribution is 2.37. The molecule has 1 N–H and O–H groups in total. The number of hydrogen-bond acceptors (Lipinski definition) is 2. The maximum atomic E-state index is 10.5. The Kier molecular flexibility index (Phi) is 4.72. The van der Waals surface area contributed by atoms with Gasteiger partial charge in [0.15, 0.2) is 0 Å². The first-order valence-corrected chi connectivity index (χ1v) is 6.89. The average molecular weight is 301 g/mol. The van der Waals surface area contributed by atoms with Gasteiger partial charge >= 0.3 is 5.97 Å². The van der Waals surface area contributed by atoms with Gasteiger partial charge < -0.3 is 9.84 Å². The summed E-state index contributed by atoms with van der Waals surface area (Å²) in [5.41, 5.74) is 0.563. The van der Waals surface area contributed by atoms with Gasteiger partial charge in [-0.2, -0.15) is 0 Å². The summed E-state index contributed by atoms with van der Waals surface area (Å²) in [6, 6.07) is 3.44. The Hall–Kier alpha value is -1.19. The highest BCUT2D eigenvalue weighted by Gasteiger charge is 2.19. The number of carboxylic acids is 1. The van der Waals surface area contributed by atoms with E-state index in [4.69, 9.17) is 33.0 Å². The van der Waals surface area contributed by atoms with Gasteiger partial charge in [-0.15, -0.1) is 0 Å². The van der Waals surface area contributed by atoms with E-state index >= 15 is 0 Å². The van der Waals surface area contributed by atoms with Crippen LogP contribution in [-0.4, -0.2) is 17.2 Å². The smallest absolute Gasteiger partial charge is 0.328 e. The molecule has 0 saturated heterocycles. The average Bonchev–Trinajstić information content (AvgIpc) is 2.87. The topological polar surface area (TPSA) is 46.5 Å². The lowest BCUT2D eigenvalue weighted by Crippen LogP contribution is -2.11. The number of carboxylic acid groups (broad SMARTS) is 1. The first kappa shape index (κ1) is 14.2. The van der Waals surface area contributed by atoms with Crippen molar-refractivity contribution in [3.63, 3.8) is 0 Å². The van der Waals surface area contributed by atoms with Crippen molar-refractivity contribution in [2.45, 2.75) is 31.8 Å². The molecule has 2 rings (SSSR count). The summed E-state index contributed by atoms with van der Waals surface area (Å²) in [5, 5.41) is 9.24. The number of benzene rings is 1. The van der Waals surface area contributed by atoms with Gasteiger partial charge in [0, 0.05) is 6.08 Å². The van der Waals surface area contributed by atoms with E-state index < -0.39 is 5.97 Å². The van der Waals surface area contributed by atoms with Gasteiger partial charge in [-0.1, -0.05) is 23.2 Å². The van der Waals surface area contributed by atoms with E-state index in [1.807, 2.05) is 0 Å². The standard InChI is InChI=1S/C14H14Cl2O3/c15-13-9(6-8-12(17)18)5-7-11(14(13)16)19-10-3-1-2-4-10/h5-8,10H,1-4H2,(H,17,18). The summed E-state index contributed by atoms with van der Waals surface area (Å²) in [6.07, 6.45) is 7.06. The van der Waals surface area contributed by atoms with Crippen LogP contribution in [0.2, 0.25) is 10.0 Å². The summed E-state index contributed by atoms with van der Waals surface area (Å²) < 4.78 is 5.81. The Bertz CT molecular complexity index is 506. The van der Waals surface area contributed by atoms with Gasteiger partial charge in [0.05, 0.1) is 11.1 Å². The molecule has 1 fully saturated rings. The van der Waals surface area contributed by atoms with Crippen molar-refractivity contribution in [2.24, 2.45) is 0 Å². The Morgan fingerprint density at radius 2 is 1.95 bits per heavy atom. The largest absolute Gasteiger partial charge is 0.489 e. The third kappa shape index (κ3) is 3.64. The molecule has 1 aliphatic carbocycles. The summed E-state index contributed by atoms with van der Waals surface area (Å²) in [6.45, 7) is 0. The third-order valence-electron chi connectivity index (χ3n) is 3.08. The van der Waals surface area contributed by atoms with E-state index in [2.05, 4.69) is 0 Å². The number of carbonyl (C=O) groups is 1. The molecule has 0 bridgehead atoms. The third-order valence-corrected chi connectivity index (χ3v) is 3.96. The normalized spacial score (nSPS) is 16.1. The van der Waals surface area contributed by atoms with E-state index in [0.717, 1.165) is 18.9 Å². The molecule has 1 saturated carbocycles. The van der Waals surface area contributed by atoms with Crippen LogP contribution >= 0.6 is 23.2 Å². The molecule has 0 atom stereocenters. The SMILES string of the molecule is O=C(O)C=Cc1ccc(OC2CCCC2)c(Cl)c1Cl.